The van der Waals surface area contributed by atoms with Gasteiger partial charge in [0.15, 0.2) is 6.67 Å². The summed E-state index contributed by atoms with van der Waals surface area (Å²) in [6.07, 6.45) is 0. The molecule has 0 bridgehead atoms. The fourth-order valence-corrected chi connectivity index (χ4v) is 0.687. The first-order chi connectivity index (χ1) is 5.26. The Morgan fingerprint density at radius 1 is 1.27 bits per heavy atom. The number of alkyl halides is 1. The second-order valence-corrected chi connectivity index (χ2v) is 1.96. The normalized spacial score (nSPS) is 9.73. The summed E-state index contributed by atoms with van der Waals surface area (Å²) in [6, 6.07) is 0. The number of halogens is 1. The monoisotopic (exact) mass is 165 g/mol. The van der Waals surface area contributed by atoms with E-state index in [1.54, 1.807) is 0 Å². The van der Waals surface area contributed by atoms with Gasteiger partial charge in [0.2, 0.25) is 0 Å². The number of carbonyl (C=O) groups excluding carboxylic acids is 1. The van der Waals surface area contributed by atoms with Crippen molar-refractivity contribution < 1.29 is 19.4 Å². The Balaban J connectivity index is 3.76. The van der Waals surface area contributed by atoms with E-state index in [0.717, 1.165) is 4.90 Å². The summed E-state index contributed by atoms with van der Waals surface area (Å²) >= 11 is 0. The zero-order valence-corrected chi connectivity index (χ0v) is 6.16. The van der Waals surface area contributed by atoms with Crippen LogP contribution in [0.2, 0.25) is 0 Å². The number of aliphatic hydroxyl groups excluding tert-OH is 2. The van der Waals surface area contributed by atoms with Gasteiger partial charge in [0.05, 0.1) is 13.2 Å². The third kappa shape index (κ3) is 3.90. The van der Waals surface area contributed by atoms with Crippen LogP contribution in [0.25, 0.3) is 0 Å². The molecule has 0 aliphatic carbocycles. The van der Waals surface area contributed by atoms with Crippen molar-refractivity contribution in [1.29, 1.82) is 0 Å². The van der Waals surface area contributed by atoms with Crippen LogP contribution in [0.3, 0.4) is 0 Å². The van der Waals surface area contributed by atoms with E-state index in [4.69, 9.17) is 10.2 Å². The SMILES string of the molecule is O=C(CF)N(CCO)CCO. The highest BCUT2D eigenvalue weighted by molar-refractivity contribution is 5.77. The molecule has 5 heteroatoms. The smallest absolute Gasteiger partial charge is 0.254 e. The lowest BCUT2D eigenvalue weighted by Crippen LogP contribution is -2.36. The number of hydrogen-bond donors (Lipinski definition) is 2. The molecule has 0 saturated heterocycles. The molecule has 0 aromatic heterocycles. The molecule has 2 N–H and O–H groups in total. The fraction of sp³-hybridized carbons (Fsp3) is 0.833. The Morgan fingerprint density at radius 3 is 2.00 bits per heavy atom. The van der Waals surface area contributed by atoms with Crippen LogP contribution in [0.15, 0.2) is 0 Å². The molecule has 0 spiro atoms. The highest BCUT2D eigenvalue weighted by atomic mass is 19.1. The van der Waals surface area contributed by atoms with E-state index in [9.17, 15) is 9.18 Å². The quantitative estimate of drug-likeness (QED) is 0.536. The van der Waals surface area contributed by atoms with Crippen LogP contribution in [0, 0.1) is 0 Å². The summed E-state index contributed by atoms with van der Waals surface area (Å²) in [7, 11) is 0. The van der Waals surface area contributed by atoms with Crippen molar-refractivity contribution in [3.05, 3.63) is 0 Å². The molecule has 4 nitrogen and oxygen atoms in total. The summed E-state index contributed by atoms with van der Waals surface area (Å²) in [5, 5.41) is 16.8. The molecule has 0 aliphatic heterocycles. The number of rotatable bonds is 5. The van der Waals surface area contributed by atoms with Crippen molar-refractivity contribution in [3.63, 3.8) is 0 Å². The molecule has 0 unspecified atom stereocenters. The second kappa shape index (κ2) is 6.06. The van der Waals surface area contributed by atoms with Gasteiger partial charge in [0.25, 0.3) is 5.91 Å². The van der Waals surface area contributed by atoms with Gasteiger partial charge in [-0.3, -0.25) is 4.79 Å². The Labute approximate surface area is 64.2 Å². The van der Waals surface area contributed by atoms with Gasteiger partial charge in [0, 0.05) is 13.1 Å². The third-order valence-electron chi connectivity index (χ3n) is 1.21. The summed E-state index contributed by atoms with van der Waals surface area (Å²) in [6.45, 7) is -1.37. The number of aliphatic hydroxyl groups is 2. The molecule has 0 aromatic carbocycles. The molecular formula is C6H12FNO3. The van der Waals surface area contributed by atoms with Crippen molar-refractivity contribution in [1.82, 2.24) is 4.90 Å². The van der Waals surface area contributed by atoms with E-state index < -0.39 is 12.6 Å². The zero-order valence-electron chi connectivity index (χ0n) is 6.16. The molecule has 0 saturated carbocycles. The van der Waals surface area contributed by atoms with Gasteiger partial charge in [-0.25, -0.2) is 4.39 Å². The molecule has 0 atom stereocenters. The van der Waals surface area contributed by atoms with Crippen molar-refractivity contribution in [2.24, 2.45) is 0 Å². The van der Waals surface area contributed by atoms with Crippen molar-refractivity contribution >= 4 is 5.91 Å². The predicted octanol–water partition coefficient (Wildman–Crippen LogP) is -1.23. The molecule has 0 radical (unpaired) electrons. The zero-order chi connectivity index (χ0) is 8.69. The Kier molecular flexibility index (Phi) is 5.68. The standard InChI is InChI=1S/C6H12FNO3/c7-5-6(11)8(1-3-9)2-4-10/h9-10H,1-5H2. The molecule has 0 heterocycles. The van der Waals surface area contributed by atoms with Crippen LogP contribution >= 0.6 is 0 Å². The third-order valence-corrected chi connectivity index (χ3v) is 1.21. The number of hydrogen-bond acceptors (Lipinski definition) is 3. The van der Waals surface area contributed by atoms with Gasteiger partial charge in [-0.05, 0) is 0 Å². The van der Waals surface area contributed by atoms with E-state index in [1.807, 2.05) is 0 Å². The average Bonchev–Trinajstić information content (AvgIpc) is 2.03. The van der Waals surface area contributed by atoms with E-state index >= 15 is 0 Å². The minimum Gasteiger partial charge on any atom is -0.395 e. The van der Waals surface area contributed by atoms with E-state index in [2.05, 4.69) is 0 Å². The lowest BCUT2D eigenvalue weighted by Gasteiger charge is -2.18. The Bertz CT molecular complexity index is 114. The first-order valence-corrected chi connectivity index (χ1v) is 3.31. The largest absolute Gasteiger partial charge is 0.395 e. The van der Waals surface area contributed by atoms with Crippen LogP contribution < -0.4 is 0 Å². The maximum absolute atomic E-state index is 11.7. The van der Waals surface area contributed by atoms with Crippen LogP contribution in [0.5, 0.6) is 0 Å². The van der Waals surface area contributed by atoms with Crippen molar-refractivity contribution in [3.8, 4) is 0 Å². The lowest BCUT2D eigenvalue weighted by molar-refractivity contribution is -0.133. The van der Waals surface area contributed by atoms with Crippen molar-refractivity contribution in [2.75, 3.05) is 33.0 Å². The predicted molar refractivity (Wildman–Crippen MR) is 36.7 cm³/mol. The summed E-state index contributed by atoms with van der Waals surface area (Å²) in [5.74, 6) is -0.701. The van der Waals surface area contributed by atoms with Gasteiger partial charge < -0.3 is 15.1 Å². The highest BCUT2D eigenvalue weighted by Crippen LogP contribution is 1.89. The average molecular weight is 165 g/mol. The number of amides is 1. The van der Waals surface area contributed by atoms with E-state index in [1.165, 1.54) is 0 Å². The summed E-state index contributed by atoms with van der Waals surface area (Å²) in [5.41, 5.74) is 0. The van der Waals surface area contributed by atoms with Gasteiger partial charge in [0.1, 0.15) is 0 Å². The summed E-state index contributed by atoms with van der Waals surface area (Å²) in [4.78, 5) is 11.7. The van der Waals surface area contributed by atoms with Crippen LogP contribution in [0.4, 0.5) is 4.39 Å². The lowest BCUT2D eigenvalue weighted by atomic mass is 10.4. The number of nitrogens with zero attached hydrogens (tertiary/aromatic N) is 1. The topological polar surface area (TPSA) is 60.8 Å². The maximum Gasteiger partial charge on any atom is 0.254 e. The van der Waals surface area contributed by atoms with Gasteiger partial charge in [-0.15, -0.1) is 0 Å². The van der Waals surface area contributed by atoms with E-state index in [0.29, 0.717) is 0 Å². The Hall–Kier alpha value is -0.680. The summed E-state index contributed by atoms with van der Waals surface area (Å²) < 4.78 is 11.7. The first-order valence-electron chi connectivity index (χ1n) is 3.31. The molecule has 66 valence electrons. The molecule has 0 fully saturated rings. The molecule has 0 rings (SSSR count). The van der Waals surface area contributed by atoms with Crippen LogP contribution in [-0.4, -0.2) is 54.0 Å². The van der Waals surface area contributed by atoms with E-state index in [-0.39, 0.29) is 26.3 Å². The highest BCUT2D eigenvalue weighted by Gasteiger charge is 2.10. The molecule has 11 heavy (non-hydrogen) atoms. The fourth-order valence-electron chi connectivity index (χ4n) is 0.687. The second-order valence-electron chi connectivity index (χ2n) is 1.96. The maximum atomic E-state index is 11.7. The molecule has 0 aliphatic rings. The number of carbonyl (C=O) groups is 1. The van der Waals surface area contributed by atoms with Crippen molar-refractivity contribution in [2.45, 2.75) is 0 Å². The molecular weight excluding hydrogens is 153 g/mol. The minimum atomic E-state index is -1.08. The van der Waals surface area contributed by atoms with Crippen LogP contribution in [-0.2, 0) is 4.79 Å². The first kappa shape index (κ1) is 10.3. The van der Waals surface area contributed by atoms with Gasteiger partial charge in [-0.2, -0.15) is 0 Å². The van der Waals surface area contributed by atoms with Gasteiger partial charge in [-0.1, -0.05) is 0 Å². The Morgan fingerprint density at radius 2 is 1.73 bits per heavy atom. The van der Waals surface area contributed by atoms with Crippen LogP contribution in [0.1, 0.15) is 0 Å². The molecule has 0 aromatic rings. The molecule has 1 amide bonds. The van der Waals surface area contributed by atoms with Gasteiger partial charge >= 0.3 is 0 Å². The minimum absolute atomic E-state index is 0.0727.